The van der Waals surface area contributed by atoms with Gasteiger partial charge in [-0.15, -0.1) is 0 Å². The second-order valence-electron chi connectivity index (χ2n) is 6.40. The highest BCUT2D eigenvalue weighted by Crippen LogP contribution is 2.37. The summed E-state index contributed by atoms with van der Waals surface area (Å²) in [6.45, 7) is 2.08. The van der Waals surface area contributed by atoms with E-state index in [1.807, 2.05) is 12.1 Å². The van der Waals surface area contributed by atoms with E-state index in [1.165, 1.54) is 12.1 Å². The van der Waals surface area contributed by atoms with E-state index in [9.17, 15) is 14.9 Å². The van der Waals surface area contributed by atoms with Crippen LogP contribution in [-0.2, 0) is 6.42 Å². The number of fused-ring (bicyclic) bond motifs is 3. The maximum absolute atomic E-state index is 12.7. The Hall–Kier alpha value is -3.41. The molecule has 136 valence electrons. The van der Waals surface area contributed by atoms with Crippen LogP contribution in [0.15, 0.2) is 62.2 Å². The number of unbranched alkanes of at least 4 members (excludes halogenated alkanes) is 1. The summed E-state index contributed by atoms with van der Waals surface area (Å²) < 4.78 is 11.6. The van der Waals surface area contributed by atoms with Crippen LogP contribution < -0.4 is 5.63 Å². The van der Waals surface area contributed by atoms with Crippen LogP contribution in [-0.4, -0.2) is 4.92 Å². The van der Waals surface area contributed by atoms with Crippen LogP contribution >= 0.6 is 0 Å². The fraction of sp³-hybridized carbons (Fsp3) is 0.190. The SMILES string of the molecule is CCCCc1oc2c(c1-c1ccc([N+](=O)[O-])cc1)c(=O)oc1ccccc12. The molecule has 2 heterocycles. The zero-order chi connectivity index (χ0) is 19.0. The lowest BCUT2D eigenvalue weighted by Crippen LogP contribution is -2.00. The van der Waals surface area contributed by atoms with Crippen molar-refractivity contribution in [2.24, 2.45) is 0 Å². The van der Waals surface area contributed by atoms with Gasteiger partial charge in [-0.25, -0.2) is 4.79 Å². The molecule has 0 aliphatic rings. The van der Waals surface area contributed by atoms with Crippen LogP contribution in [0.4, 0.5) is 5.69 Å². The molecule has 0 atom stereocenters. The van der Waals surface area contributed by atoms with Gasteiger partial charge in [-0.3, -0.25) is 10.1 Å². The number of benzene rings is 2. The van der Waals surface area contributed by atoms with E-state index in [4.69, 9.17) is 8.83 Å². The molecule has 0 amide bonds. The molecule has 2 aromatic heterocycles. The molecule has 2 aromatic carbocycles. The van der Waals surface area contributed by atoms with Crippen molar-refractivity contribution in [3.8, 4) is 11.1 Å². The van der Waals surface area contributed by atoms with Gasteiger partial charge in [0.25, 0.3) is 5.69 Å². The minimum absolute atomic E-state index is 0.000794. The third-order valence-electron chi connectivity index (χ3n) is 4.64. The van der Waals surface area contributed by atoms with Gasteiger partial charge in [-0.05, 0) is 36.2 Å². The minimum atomic E-state index is -0.469. The van der Waals surface area contributed by atoms with Gasteiger partial charge in [0.15, 0.2) is 5.58 Å². The summed E-state index contributed by atoms with van der Waals surface area (Å²) >= 11 is 0. The van der Waals surface area contributed by atoms with Crippen molar-refractivity contribution in [2.45, 2.75) is 26.2 Å². The molecule has 0 fully saturated rings. The van der Waals surface area contributed by atoms with Crippen molar-refractivity contribution in [3.05, 3.63) is 74.8 Å². The number of para-hydroxylation sites is 1. The van der Waals surface area contributed by atoms with Gasteiger partial charge in [0.1, 0.15) is 16.7 Å². The minimum Gasteiger partial charge on any atom is -0.459 e. The lowest BCUT2D eigenvalue weighted by Gasteiger charge is -2.03. The maximum atomic E-state index is 12.7. The molecule has 0 saturated heterocycles. The lowest BCUT2D eigenvalue weighted by molar-refractivity contribution is -0.384. The highest BCUT2D eigenvalue weighted by atomic mass is 16.6. The van der Waals surface area contributed by atoms with Gasteiger partial charge in [0.2, 0.25) is 0 Å². The molecule has 27 heavy (non-hydrogen) atoms. The number of hydrogen-bond acceptors (Lipinski definition) is 5. The Labute approximate surface area is 154 Å². The van der Waals surface area contributed by atoms with Gasteiger partial charge in [0.05, 0.1) is 10.3 Å². The van der Waals surface area contributed by atoms with Gasteiger partial charge < -0.3 is 8.83 Å². The van der Waals surface area contributed by atoms with E-state index < -0.39 is 10.5 Å². The van der Waals surface area contributed by atoms with Crippen molar-refractivity contribution in [2.75, 3.05) is 0 Å². The lowest BCUT2D eigenvalue weighted by atomic mass is 9.99. The van der Waals surface area contributed by atoms with Gasteiger partial charge in [0, 0.05) is 24.1 Å². The fourth-order valence-electron chi connectivity index (χ4n) is 3.33. The van der Waals surface area contributed by atoms with Crippen LogP contribution in [0.3, 0.4) is 0 Å². The summed E-state index contributed by atoms with van der Waals surface area (Å²) in [7, 11) is 0. The molecule has 6 nitrogen and oxygen atoms in total. The molecule has 0 aliphatic heterocycles. The summed E-state index contributed by atoms with van der Waals surface area (Å²) in [6.07, 6.45) is 2.56. The Morgan fingerprint density at radius 2 is 1.78 bits per heavy atom. The van der Waals surface area contributed by atoms with Crippen molar-refractivity contribution in [3.63, 3.8) is 0 Å². The number of hydrogen-bond donors (Lipinski definition) is 0. The first kappa shape index (κ1) is 17.0. The van der Waals surface area contributed by atoms with Gasteiger partial charge in [-0.2, -0.15) is 0 Å². The standard InChI is InChI=1S/C21H17NO5/c1-2-3-7-17-18(13-9-11-14(12-10-13)22(24)25)19-20(26-17)15-6-4-5-8-16(15)27-21(19)23/h4-6,8-12H,2-3,7H2,1H3. The zero-order valence-electron chi connectivity index (χ0n) is 14.7. The van der Waals surface area contributed by atoms with Crippen molar-refractivity contribution < 1.29 is 13.8 Å². The van der Waals surface area contributed by atoms with E-state index in [0.717, 1.165) is 18.2 Å². The molecule has 0 bridgehead atoms. The summed E-state index contributed by atoms with van der Waals surface area (Å²) in [5.74, 6) is 0.698. The predicted octanol–water partition coefficient (Wildman–Crippen LogP) is 5.46. The number of aryl methyl sites for hydroxylation is 1. The van der Waals surface area contributed by atoms with E-state index in [1.54, 1.807) is 24.3 Å². The van der Waals surface area contributed by atoms with Crippen LogP contribution in [0, 0.1) is 10.1 Å². The average molecular weight is 363 g/mol. The van der Waals surface area contributed by atoms with E-state index in [-0.39, 0.29) is 5.69 Å². The zero-order valence-corrected chi connectivity index (χ0v) is 14.7. The molecular formula is C21H17NO5. The number of furan rings is 1. The second kappa shape index (κ2) is 6.72. The molecule has 0 saturated carbocycles. The molecule has 0 radical (unpaired) electrons. The summed E-state index contributed by atoms with van der Waals surface area (Å²) in [5, 5.41) is 12.1. The number of nitro benzene ring substituents is 1. The van der Waals surface area contributed by atoms with Crippen molar-refractivity contribution >= 4 is 27.6 Å². The second-order valence-corrected chi connectivity index (χ2v) is 6.40. The third-order valence-corrected chi connectivity index (χ3v) is 4.64. The predicted molar refractivity (Wildman–Crippen MR) is 103 cm³/mol. The summed E-state index contributed by atoms with van der Waals surface area (Å²) in [4.78, 5) is 23.2. The Kier molecular flexibility index (Phi) is 4.24. The molecule has 4 rings (SSSR count). The first-order valence-corrected chi connectivity index (χ1v) is 8.82. The first-order valence-electron chi connectivity index (χ1n) is 8.82. The Morgan fingerprint density at radius 1 is 1.04 bits per heavy atom. The molecule has 0 aliphatic carbocycles. The van der Waals surface area contributed by atoms with E-state index >= 15 is 0 Å². The number of non-ortho nitro benzene ring substituents is 1. The third kappa shape index (κ3) is 2.89. The molecule has 4 aromatic rings. The fourth-order valence-corrected chi connectivity index (χ4v) is 3.33. The van der Waals surface area contributed by atoms with E-state index in [0.29, 0.717) is 39.9 Å². The molecular weight excluding hydrogens is 346 g/mol. The Morgan fingerprint density at radius 3 is 2.48 bits per heavy atom. The Bertz CT molecular complexity index is 1200. The van der Waals surface area contributed by atoms with Crippen LogP contribution in [0.2, 0.25) is 0 Å². The maximum Gasteiger partial charge on any atom is 0.348 e. The highest BCUT2D eigenvalue weighted by molar-refractivity contribution is 6.07. The van der Waals surface area contributed by atoms with Crippen LogP contribution in [0.5, 0.6) is 0 Å². The largest absolute Gasteiger partial charge is 0.459 e. The number of rotatable bonds is 5. The van der Waals surface area contributed by atoms with Crippen LogP contribution in [0.1, 0.15) is 25.5 Å². The highest BCUT2D eigenvalue weighted by Gasteiger charge is 2.22. The normalized spacial score (nSPS) is 11.3. The van der Waals surface area contributed by atoms with Crippen molar-refractivity contribution in [1.82, 2.24) is 0 Å². The van der Waals surface area contributed by atoms with Gasteiger partial charge in [-0.1, -0.05) is 25.5 Å². The summed E-state index contributed by atoms with van der Waals surface area (Å²) in [5.41, 5.74) is 1.87. The monoisotopic (exact) mass is 363 g/mol. The van der Waals surface area contributed by atoms with Crippen molar-refractivity contribution in [1.29, 1.82) is 0 Å². The van der Waals surface area contributed by atoms with E-state index in [2.05, 4.69) is 6.92 Å². The van der Waals surface area contributed by atoms with Gasteiger partial charge >= 0.3 is 5.63 Å². The molecule has 0 N–H and O–H groups in total. The molecule has 0 unspecified atom stereocenters. The quantitative estimate of drug-likeness (QED) is 0.267. The molecule has 0 spiro atoms. The Balaban J connectivity index is 2.03. The van der Waals surface area contributed by atoms with Crippen LogP contribution in [0.25, 0.3) is 33.1 Å². The average Bonchev–Trinajstić information content (AvgIpc) is 3.07. The number of nitrogens with zero attached hydrogens (tertiary/aromatic N) is 1. The first-order chi connectivity index (χ1) is 13.1. The smallest absolute Gasteiger partial charge is 0.348 e. The topological polar surface area (TPSA) is 86.5 Å². The molecule has 6 heteroatoms. The number of nitro groups is 1. The summed E-state index contributed by atoms with van der Waals surface area (Å²) in [6, 6.07) is 13.4.